The molecule has 114 valence electrons. The summed E-state index contributed by atoms with van der Waals surface area (Å²) in [5.41, 5.74) is -0.105. The van der Waals surface area contributed by atoms with Gasteiger partial charge in [-0.05, 0) is 31.9 Å². The summed E-state index contributed by atoms with van der Waals surface area (Å²) in [4.78, 5) is 11.3. The summed E-state index contributed by atoms with van der Waals surface area (Å²) in [6.45, 7) is 6.98. The third-order valence-corrected chi connectivity index (χ3v) is 4.06. The van der Waals surface area contributed by atoms with Crippen LogP contribution in [-0.2, 0) is 4.74 Å². The number of ether oxygens (including phenoxy) is 1. The van der Waals surface area contributed by atoms with E-state index in [1.165, 1.54) is 7.11 Å². The van der Waals surface area contributed by atoms with Crippen LogP contribution in [0.2, 0.25) is 0 Å². The molecule has 1 heterocycles. The number of hydrogen-bond donors (Lipinski definition) is 2. The lowest BCUT2D eigenvalue weighted by atomic mass is 9.83. The van der Waals surface area contributed by atoms with Gasteiger partial charge in [0.2, 0.25) is 5.76 Å². The molecule has 0 aliphatic rings. The van der Waals surface area contributed by atoms with E-state index in [1.807, 2.05) is 6.92 Å². The average molecular weight is 283 g/mol. The number of nitrogens with one attached hydrogen (secondary N) is 1. The minimum Gasteiger partial charge on any atom is -0.463 e. The molecule has 1 rings (SSSR count). The van der Waals surface area contributed by atoms with Crippen LogP contribution >= 0.6 is 0 Å². The van der Waals surface area contributed by atoms with E-state index >= 15 is 0 Å². The van der Waals surface area contributed by atoms with Crippen LogP contribution in [0.15, 0.2) is 16.5 Å². The molecule has 5 heteroatoms. The zero-order valence-electron chi connectivity index (χ0n) is 12.7. The zero-order valence-corrected chi connectivity index (χ0v) is 12.7. The van der Waals surface area contributed by atoms with Crippen molar-refractivity contribution in [3.63, 3.8) is 0 Å². The smallest absolute Gasteiger partial charge is 0.373 e. The lowest BCUT2D eigenvalue weighted by Gasteiger charge is -2.30. The van der Waals surface area contributed by atoms with E-state index in [-0.39, 0.29) is 23.8 Å². The van der Waals surface area contributed by atoms with Gasteiger partial charge in [0.25, 0.3) is 0 Å². The Hall–Kier alpha value is -1.33. The van der Waals surface area contributed by atoms with Gasteiger partial charge < -0.3 is 19.6 Å². The predicted octanol–water partition coefficient (Wildman–Crippen LogP) is 2.52. The summed E-state index contributed by atoms with van der Waals surface area (Å²) in [6, 6.07) is 3.35. The second-order valence-corrected chi connectivity index (χ2v) is 5.16. The van der Waals surface area contributed by atoms with Crippen molar-refractivity contribution in [3.05, 3.63) is 23.7 Å². The van der Waals surface area contributed by atoms with E-state index in [2.05, 4.69) is 23.9 Å². The number of aliphatic hydroxyl groups excluding tert-OH is 1. The topological polar surface area (TPSA) is 71.7 Å². The highest BCUT2D eigenvalue weighted by atomic mass is 16.5. The number of furan rings is 1. The van der Waals surface area contributed by atoms with Crippen LogP contribution in [0.1, 0.15) is 56.0 Å². The van der Waals surface area contributed by atoms with E-state index < -0.39 is 5.97 Å². The second kappa shape index (κ2) is 7.45. The van der Waals surface area contributed by atoms with Crippen molar-refractivity contribution >= 4 is 5.97 Å². The first-order valence-electron chi connectivity index (χ1n) is 7.04. The summed E-state index contributed by atoms with van der Waals surface area (Å²) >= 11 is 0. The van der Waals surface area contributed by atoms with E-state index in [0.29, 0.717) is 12.3 Å². The minimum atomic E-state index is -0.477. The van der Waals surface area contributed by atoms with E-state index in [0.717, 1.165) is 12.8 Å². The van der Waals surface area contributed by atoms with Crippen molar-refractivity contribution in [1.29, 1.82) is 0 Å². The highest BCUT2D eigenvalue weighted by Crippen LogP contribution is 2.26. The van der Waals surface area contributed by atoms with Crippen LogP contribution in [0.4, 0.5) is 0 Å². The fraction of sp³-hybridized carbons (Fsp3) is 0.667. The molecule has 0 aliphatic heterocycles. The van der Waals surface area contributed by atoms with Gasteiger partial charge >= 0.3 is 5.97 Å². The van der Waals surface area contributed by atoms with Gasteiger partial charge in [-0.25, -0.2) is 4.79 Å². The summed E-state index contributed by atoms with van der Waals surface area (Å²) in [6.07, 6.45) is 1.82. The molecule has 1 unspecified atom stereocenters. The van der Waals surface area contributed by atoms with Crippen LogP contribution in [0, 0.1) is 5.41 Å². The Morgan fingerprint density at radius 2 is 2.10 bits per heavy atom. The molecular formula is C15H25NO4. The van der Waals surface area contributed by atoms with Crippen molar-refractivity contribution in [2.75, 3.05) is 20.3 Å². The maximum Gasteiger partial charge on any atom is 0.373 e. The number of aliphatic hydroxyl groups is 1. The standard InChI is InChI=1S/C15H25NO4/c1-5-15(6-2,10-17)9-16-11(3)12-7-8-13(20-12)14(18)19-4/h7-8,11,16-17H,5-6,9-10H2,1-4H3. The van der Waals surface area contributed by atoms with Gasteiger partial charge in [0, 0.05) is 18.6 Å². The number of methoxy groups -OCH3 is 1. The van der Waals surface area contributed by atoms with Crippen molar-refractivity contribution in [2.45, 2.75) is 39.7 Å². The molecule has 0 saturated heterocycles. The second-order valence-electron chi connectivity index (χ2n) is 5.16. The Kier molecular flexibility index (Phi) is 6.23. The first-order chi connectivity index (χ1) is 9.51. The Morgan fingerprint density at radius 3 is 2.60 bits per heavy atom. The number of carbonyl (C=O) groups excluding carboxylic acids is 1. The van der Waals surface area contributed by atoms with E-state index in [9.17, 15) is 9.90 Å². The highest BCUT2D eigenvalue weighted by Gasteiger charge is 2.26. The molecule has 20 heavy (non-hydrogen) atoms. The molecule has 5 nitrogen and oxygen atoms in total. The van der Waals surface area contributed by atoms with Crippen LogP contribution in [-0.4, -0.2) is 31.3 Å². The number of carbonyl (C=O) groups is 1. The zero-order chi connectivity index (χ0) is 15.2. The third kappa shape index (κ3) is 3.84. The summed E-state index contributed by atoms with van der Waals surface area (Å²) in [7, 11) is 1.32. The Bertz CT molecular complexity index is 415. The quantitative estimate of drug-likeness (QED) is 0.717. The first-order valence-corrected chi connectivity index (χ1v) is 7.04. The number of hydrogen-bond acceptors (Lipinski definition) is 5. The van der Waals surface area contributed by atoms with Gasteiger partial charge in [-0.15, -0.1) is 0 Å². The maximum atomic E-state index is 11.3. The average Bonchev–Trinajstić information content (AvgIpc) is 2.98. The SMILES string of the molecule is CCC(CC)(CO)CNC(C)c1ccc(C(=O)OC)o1. The molecule has 0 radical (unpaired) electrons. The minimum absolute atomic E-state index is 0.0302. The number of rotatable bonds is 8. The molecule has 0 bridgehead atoms. The summed E-state index contributed by atoms with van der Waals surface area (Å²) in [5, 5.41) is 12.9. The molecule has 0 aliphatic carbocycles. The fourth-order valence-electron chi connectivity index (χ4n) is 2.05. The number of esters is 1. The lowest BCUT2D eigenvalue weighted by Crippen LogP contribution is -2.37. The maximum absolute atomic E-state index is 11.3. The third-order valence-electron chi connectivity index (χ3n) is 4.06. The van der Waals surface area contributed by atoms with Crippen molar-refractivity contribution < 1.29 is 19.1 Å². The monoisotopic (exact) mass is 283 g/mol. The van der Waals surface area contributed by atoms with Crippen molar-refractivity contribution in [2.24, 2.45) is 5.41 Å². The Labute approximate surface area is 120 Å². The molecule has 1 aromatic heterocycles. The van der Waals surface area contributed by atoms with Gasteiger partial charge in [0.05, 0.1) is 13.2 Å². The van der Waals surface area contributed by atoms with Gasteiger partial charge in [-0.2, -0.15) is 0 Å². The van der Waals surface area contributed by atoms with Gasteiger partial charge in [-0.1, -0.05) is 13.8 Å². The largest absolute Gasteiger partial charge is 0.463 e. The van der Waals surface area contributed by atoms with Gasteiger partial charge in [0.15, 0.2) is 0 Å². The molecule has 0 saturated carbocycles. The van der Waals surface area contributed by atoms with E-state index in [4.69, 9.17) is 4.42 Å². The Morgan fingerprint density at radius 1 is 1.45 bits per heavy atom. The molecule has 0 amide bonds. The normalized spacial score (nSPS) is 13.2. The molecule has 1 aromatic rings. The van der Waals surface area contributed by atoms with Crippen molar-refractivity contribution in [1.82, 2.24) is 5.32 Å². The molecule has 0 fully saturated rings. The Balaban J connectivity index is 2.65. The fourth-order valence-corrected chi connectivity index (χ4v) is 2.05. The highest BCUT2D eigenvalue weighted by molar-refractivity contribution is 5.86. The van der Waals surface area contributed by atoms with Crippen LogP contribution in [0.5, 0.6) is 0 Å². The van der Waals surface area contributed by atoms with Crippen molar-refractivity contribution in [3.8, 4) is 0 Å². The van der Waals surface area contributed by atoms with Crippen LogP contribution < -0.4 is 5.32 Å². The molecular weight excluding hydrogens is 258 g/mol. The summed E-state index contributed by atoms with van der Waals surface area (Å²) < 4.78 is 10.1. The molecule has 0 aromatic carbocycles. The summed E-state index contributed by atoms with van der Waals surface area (Å²) in [5.74, 6) is 0.412. The van der Waals surface area contributed by atoms with Gasteiger partial charge in [0.1, 0.15) is 5.76 Å². The van der Waals surface area contributed by atoms with Gasteiger partial charge in [-0.3, -0.25) is 0 Å². The molecule has 1 atom stereocenters. The van der Waals surface area contributed by atoms with E-state index in [1.54, 1.807) is 12.1 Å². The lowest BCUT2D eigenvalue weighted by molar-refractivity contribution is 0.0561. The predicted molar refractivity (Wildman–Crippen MR) is 76.6 cm³/mol. The van der Waals surface area contributed by atoms with Crippen LogP contribution in [0.3, 0.4) is 0 Å². The molecule has 0 spiro atoms. The first kappa shape index (κ1) is 16.7. The van der Waals surface area contributed by atoms with Crippen LogP contribution in [0.25, 0.3) is 0 Å². The molecule has 2 N–H and O–H groups in total.